The third-order valence-electron chi connectivity index (χ3n) is 4.38. The summed E-state index contributed by atoms with van der Waals surface area (Å²) in [4.78, 5) is 16.6. The van der Waals surface area contributed by atoms with Crippen LogP contribution in [0.4, 0.5) is 10.3 Å². The Balaban J connectivity index is 0.00000261. The lowest BCUT2D eigenvalue weighted by Crippen LogP contribution is -2.27. The van der Waals surface area contributed by atoms with Gasteiger partial charge in [-0.15, -0.1) is 12.4 Å². The molecule has 2 heterocycles. The van der Waals surface area contributed by atoms with Gasteiger partial charge in [0.25, 0.3) is 0 Å². The maximum absolute atomic E-state index is 13.4. The quantitative estimate of drug-likeness (QED) is 0.702. The Hall–Kier alpha value is -2.19. The zero-order valence-electron chi connectivity index (χ0n) is 15.3. The van der Waals surface area contributed by atoms with Crippen molar-refractivity contribution in [1.29, 1.82) is 0 Å². The minimum Gasteiger partial charge on any atom is -0.491 e. The number of para-hydroxylation sites is 1. The number of nitrogens with zero attached hydrogens (tertiary/aromatic N) is 3. The topological polar surface area (TPSA) is 81.1 Å². The van der Waals surface area contributed by atoms with Gasteiger partial charge in [-0.1, -0.05) is 12.1 Å². The molecule has 0 unspecified atom stereocenters. The summed E-state index contributed by atoms with van der Waals surface area (Å²) in [7, 11) is 1.77. The first kappa shape index (κ1) is 21.1. The molecule has 0 spiro atoms. The van der Waals surface area contributed by atoms with E-state index < -0.39 is 5.82 Å². The van der Waals surface area contributed by atoms with Crippen LogP contribution in [0, 0.1) is 5.82 Å². The maximum Gasteiger partial charge on any atom is 0.227 e. The predicted octanol–water partition coefficient (Wildman–Crippen LogP) is 2.64. The van der Waals surface area contributed by atoms with E-state index in [1.54, 1.807) is 29.9 Å². The highest BCUT2D eigenvalue weighted by Gasteiger charge is 2.21. The number of ether oxygens (including phenoxy) is 1. The van der Waals surface area contributed by atoms with Crippen molar-refractivity contribution >= 4 is 24.3 Å². The summed E-state index contributed by atoms with van der Waals surface area (Å²) in [6.45, 7) is 2.20. The second-order valence-corrected chi connectivity index (χ2v) is 6.37. The van der Waals surface area contributed by atoms with E-state index in [1.165, 1.54) is 6.07 Å². The molecular weight excluding hydrogens is 373 g/mol. The van der Waals surface area contributed by atoms with E-state index in [0.29, 0.717) is 18.3 Å². The molecule has 0 aliphatic carbocycles. The Labute approximate surface area is 164 Å². The van der Waals surface area contributed by atoms with Gasteiger partial charge in [0.2, 0.25) is 11.9 Å². The molecule has 2 N–H and O–H groups in total. The molecule has 0 saturated carbocycles. The van der Waals surface area contributed by atoms with Crippen molar-refractivity contribution < 1.29 is 13.9 Å². The molecule has 1 fully saturated rings. The van der Waals surface area contributed by atoms with Gasteiger partial charge < -0.3 is 10.1 Å². The molecule has 2 aromatic rings. The number of carbonyl (C=O) groups is 1. The first-order valence-electron chi connectivity index (χ1n) is 8.92. The standard InChI is InChI=1S/C18H24FN5O2.ClH/c1-24-18(22-17(23-24)13-8-10-20-11-9-13)21-16(25)7-4-12-26-15-6-3-2-5-14(15)19;/h2-3,5-6,13,20H,4,7-12H2,1H3,(H,21,22,23,25);1H. The summed E-state index contributed by atoms with van der Waals surface area (Å²) >= 11 is 0. The summed E-state index contributed by atoms with van der Waals surface area (Å²) in [5, 5.41) is 10.5. The maximum atomic E-state index is 13.4. The molecule has 1 aromatic carbocycles. The Morgan fingerprint density at radius 2 is 2.11 bits per heavy atom. The average Bonchev–Trinajstić information content (AvgIpc) is 3.01. The van der Waals surface area contributed by atoms with Crippen LogP contribution in [0.2, 0.25) is 0 Å². The molecule has 1 aliphatic heterocycles. The van der Waals surface area contributed by atoms with Gasteiger partial charge in [0, 0.05) is 19.4 Å². The molecule has 148 valence electrons. The SMILES string of the molecule is Cl.Cn1nc(C2CCNCC2)nc1NC(=O)CCCOc1ccccc1F. The van der Waals surface area contributed by atoms with Crippen molar-refractivity contribution in [3.8, 4) is 5.75 Å². The highest BCUT2D eigenvalue weighted by Crippen LogP contribution is 2.23. The molecule has 1 aromatic heterocycles. The van der Waals surface area contributed by atoms with Crippen LogP contribution >= 0.6 is 12.4 Å². The van der Waals surface area contributed by atoms with E-state index in [9.17, 15) is 9.18 Å². The summed E-state index contributed by atoms with van der Waals surface area (Å²) < 4.78 is 20.4. The van der Waals surface area contributed by atoms with Gasteiger partial charge in [0.15, 0.2) is 17.4 Å². The van der Waals surface area contributed by atoms with E-state index in [2.05, 4.69) is 20.7 Å². The highest BCUT2D eigenvalue weighted by atomic mass is 35.5. The third-order valence-corrected chi connectivity index (χ3v) is 4.38. The Morgan fingerprint density at radius 3 is 2.85 bits per heavy atom. The molecule has 3 rings (SSSR count). The van der Waals surface area contributed by atoms with Gasteiger partial charge >= 0.3 is 0 Å². The zero-order valence-corrected chi connectivity index (χ0v) is 16.1. The molecule has 7 nitrogen and oxygen atoms in total. The van der Waals surface area contributed by atoms with Gasteiger partial charge in [-0.2, -0.15) is 10.1 Å². The second-order valence-electron chi connectivity index (χ2n) is 6.37. The lowest BCUT2D eigenvalue weighted by Gasteiger charge is -2.19. The molecule has 1 amide bonds. The highest BCUT2D eigenvalue weighted by molar-refractivity contribution is 5.88. The van der Waals surface area contributed by atoms with E-state index in [4.69, 9.17) is 4.74 Å². The molecular formula is C18H25ClFN5O2. The van der Waals surface area contributed by atoms with Crippen LogP contribution in [-0.4, -0.2) is 40.4 Å². The fourth-order valence-corrected chi connectivity index (χ4v) is 2.93. The van der Waals surface area contributed by atoms with Crippen molar-refractivity contribution in [3.05, 3.63) is 35.9 Å². The normalized spacial score (nSPS) is 14.4. The third kappa shape index (κ3) is 5.90. The Kier molecular flexibility index (Phi) is 7.99. The number of anilines is 1. The smallest absolute Gasteiger partial charge is 0.227 e. The molecule has 9 heteroatoms. The Bertz CT molecular complexity index is 749. The number of rotatable bonds is 7. The lowest BCUT2D eigenvalue weighted by molar-refractivity contribution is -0.116. The zero-order chi connectivity index (χ0) is 18.4. The number of halogens is 2. The largest absolute Gasteiger partial charge is 0.491 e. The van der Waals surface area contributed by atoms with Crippen molar-refractivity contribution in [2.75, 3.05) is 25.0 Å². The number of aryl methyl sites for hydroxylation is 1. The van der Waals surface area contributed by atoms with Gasteiger partial charge in [-0.25, -0.2) is 9.07 Å². The van der Waals surface area contributed by atoms with E-state index >= 15 is 0 Å². The van der Waals surface area contributed by atoms with Crippen LogP contribution in [0.25, 0.3) is 0 Å². The second kappa shape index (κ2) is 10.2. The summed E-state index contributed by atoms with van der Waals surface area (Å²) in [6.07, 6.45) is 2.76. The number of benzene rings is 1. The Morgan fingerprint density at radius 1 is 1.37 bits per heavy atom. The summed E-state index contributed by atoms with van der Waals surface area (Å²) in [5.41, 5.74) is 0. The number of hydrogen-bond donors (Lipinski definition) is 2. The molecule has 1 saturated heterocycles. The fraction of sp³-hybridized carbons (Fsp3) is 0.500. The number of nitrogens with one attached hydrogen (secondary N) is 2. The van der Waals surface area contributed by atoms with Crippen molar-refractivity contribution in [2.45, 2.75) is 31.6 Å². The average molecular weight is 398 g/mol. The van der Waals surface area contributed by atoms with Gasteiger partial charge in [0.1, 0.15) is 0 Å². The predicted molar refractivity (Wildman–Crippen MR) is 103 cm³/mol. The molecule has 27 heavy (non-hydrogen) atoms. The first-order valence-corrected chi connectivity index (χ1v) is 8.92. The van der Waals surface area contributed by atoms with Crippen LogP contribution in [0.3, 0.4) is 0 Å². The number of hydrogen-bond acceptors (Lipinski definition) is 5. The number of amides is 1. The fourth-order valence-electron chi connectivity index (χ4n) is 2.93. The van der Waals surface area contributed by atoms with Crippen molar-refractivity contribution in [1.82, 2.24) is 20.1 Å². The molecule has 0 radical (unpaired) electrons. The molecule has 0 bridgehead atoms. The van der Waals surface area contributed by atoms with E-state index in [1.807, 2.05) is 0 Å². The van der Waals surface area contributed by atoms with Gasteiger partial charge in [0.05, 0.1) is 6.61 Å². The number of carbonyl (C=O) groups excluding carboxylic acids is 1. The van der Waals surface area contributed by atoms with Crippen LogP contribution in [0.15, 0.2) is 24.3 Å². The van der Waals surface area contributed by atoms with Gasteiger partial charge in [-0.3, -0.25) is 10.1 Å². The summed E-state index contributed by atoms with van der Waals surface area (Å²) in [5.74, 6) is 1.22. The number of aromatic nitrogens is 3. The van der Waals surface area contributed by atoms with Crippen LogP contribution in [0.5, 0.6) is 5.75 Å². The minimum absolute atomic E-state index is 0. The van der Waals surface area contributed by atoms with Crippen molar-refractivity contribution in [2.24, 2.45) is 7.05 Å². The molecule has 0 atom stereocenters. The van der Waals surface area contributed by atoms with Crippen LogP contribution < -0.4 is 15.4 Å². The minimum atomic E-state index is -0.401. The summed E-state index contributed by atoms with van der Waals surface area (Å²) in [6, 6.07) is 6.22. The van der Waals surface area contributed by atoms with E-state index in [0.717, 1.165) is 31.8 Å². The molecule has 1 aliphatic rings. The monoisotopic (exact) mass is 397 g/mol. The van der Waals surface area contributed by atoms with Gasteiger partial charge in [-0.05, 0) is 44.5 Å². The number of piperidine rings is 1. The van der Waals surface area contributed by atoms with Crippen LogP contribution in [-0.2, 0) is 11.8 Å². The first-order chi connectivity index (χ1) is 12.6. The van der Waals surface area contributed by atoms with Crippen LogP contribution in [0.1, 0.15) is 37.4 Å². The van der Waals surface area contributed by atoms with Crippen molar-refractivity contribution in [3.63, 3.8) is 0 Å². The lowest BCUT2D eigenvalue weighted by atomic mass is 9.98. The van der Waals surface area contributed by atoms with E-state index in [-0.39, 0.29) is 37.1 Å².